The number of aliphatic hydroxyl groups is 1. The second-order valence-corrected chi connectivity index (χ2v) is 5.44. The van der Waals surface area contributed by atoms with Crippen LogP contribution in [0.4, 0.5) is 0 Å². The minimum atomic E-state index is -0.647. The number of nitrogens with zero attached hydrogens (tertiary/aromatic N) is 1. The maximum atomic E-state index is 10.00. The molecule has 86 valence electrons. The smallest absolute Gasteiger partial charge is 0.107 e. The average Bonchev–Trinajstić information content (AvgIpc) is 2.51. The number of nitrogens with one attached hydrogen (secondary N) is 1. The minimum absolute atomic E-state index is 0.253. The first kappa shape index (κ1) is 12.6. The zero-order valence-corrected chi connectivity index (χ0v) is 10.7. The van der Waals surface area contributed by atoms with Gasteiger partial charge in [-0.15, -0.1) is 11.3 Å². The lowest BCUT2D eigenvalue weighted by atomic mass is 9.93. The Labute approximate surface area is 95.6 Å². The standard InChI is InChI=1S/C11H20N2OS/c1-8(2)11(4,14)7-12-5-10-13-9(3)6-15-10/h6,8,12,14H,5,7H2,1-4H3. The summed E-state index contributed by atoms with van der Waals surface area (Å²) in [4.78, 5) is 4.35. The molecule has 0 aliphatic heterocycles. The molecule has 1 atom stereocenters. The highest BCUT2D eigenvalue weighted by atomic mass is 32.1. The Balaban J connectivity index is 2.33. The van der Waals surface area contributed by atoms with Crippen LogP contribution in [0, 0.1) is 12.8 Å². The molecule has 1 aromatic heterocycles. The highest BCUT2D eigenvalue weighted by Gasteiger charge is 2.23. The van der Waals surface area contributed by atoms with Crippen LogP contribution in [0.25, 0.3) is 0 Å². The van der Waals surface area contributed by atoms with E-state index in [1.165, 1.54) is 0 Å². The van der Waals surface area contributed by atoms with E-state index in [4.69, 9.17) is 0 Å². The van der Waals surface area contributed by atoms with Gasteiger partial charge in [0.25, 0.3) is 0 Å². The van der Waals surface area contributed by atoms with Crippen LogP contribution in [0.15, 0.2) is 5.38 Å². The number of thiazole rings is 1. The largest absolute Gasteiger partial charge is 0.389 e. The number of hydrogen-bond acceptors (Lipinski definition) is 4. The van der Waals surface area contributed by atoms with E-state index in [-0.39, 0.29) is 5.92 Å². The molecule has 3 nitrogen and oxygen atoms in total. The summed E-state index contributed by atoms with van der Waals surface area (Å²) in [6.07, 6.45) is 0. The summed E-state index contributed by atoms with van der Waals surface area (Å²) in [7, 11) is 0. The van der Waals surface area contributed by atoms with Crippen molar-refractivity contribution in [2.45, 2.75) is 39.8 Å². The van der Waals surface area contributed by atoms with Gasteiger partial charge in [-0.2, -0.15) is 0 Å². The molecule has 2 N–H and O–H groups in total. The number of hydrogen-bond donors (Lipinski definition) is 2. The van der Waals surface area contributed by atoms with Crippen molar-refractivity contribution < 1.29 is 5.11 Å². The van der Waals surface area contributed by atoms with Gasteiger partial charge in [0, 0.05) is 24.2 Å². The SMILES string of the molecule is Cc1csc(CNCC(C)(O)C(C)C)n1. The second-order valence-electron chi connectivity index (χ2n) is 4.50. The van der Waals surface area contributed by atoms with Gasteiger partial charge in [-0.3, -0.25) is 0 Å². The Morgan fingerprint density at radius 3 is 2.73 bits per heavy atom. The van der Waals surface area contributed by atoms with Crippen molar-refractivity contribution in [1.29, 1.82) is 0 Å². The van der Waals surface area contributed by atoms with E-state index in [9.17, 15) is 5.11 Å². The van der Waals surface area contributed by atoms with Gasteiger partial charge in [-0.1, -0.05) is 13.8 Å². The molecule has 0 saturated heterocycles. The minimum Gasteiger partial charge on any atom is -0.389 e. The fourth-order valence-corrected chi connectivity index (χ4v) is 1.85. The van der Waals surface area contributed by atoms with Crippen molar-refractivity contribution in [1.82, 2.24) is 10.3 Å². The van der Waals surface area contributed by atoms with Gasteiger partial charge in [0.15, 0.2) is 0 Å². The Hall–Kier alpha value is -0.450. The zero-order chi connectivity index (χ0) is 11.5. The van der Waals surface area contributed by atoms with Gasteiger partial charge in [0.2, 0.25) is 0 Å². The highest BCUT2D eigenvalue weighted by Crippen LogP contribution is 2.15. The Morgan fingerprint density at radius 1 is 1.60 bits per heavy atom. The second kappa shape index (κ2) is 5.05. The van der Waals surface area contributed by atoms with Crippen LogP contribution in [0.2, 0.25) is 0 Å². The fourth-order valence-electron chi connectivity index (χ4n) is 1.11. The van der Waals surface area contributed by atoms with Crippen molar-refractivity contribution in [3.63, 3.8) is 0 Å². The molecule has 0 bridgehead atoms. The summed E-state index contributed by atoms with van der Waals surface area (Å²) in [6, 6.07) is 0. The summed E-state index contributed by atoms with van der Waals surface area (Å²) >= 11 is 1.65. The molecule has 4 heteroatoms. The fraction of sp³-hybridized carbons (Fsp3) is 0.727. The third kappa shape index (κ3) is 3.89. The van der Waals surface area contributed by atoms with Crippen LogP contribution in [-0.4, -0.2) is 22.2 Å². The average molecular weight is 228 g/mol. The van der Waals surface area contributed by atoms with E-state index in [1.54, 1.807) is 11.3 Å². The van der Waals surface area contributed by atoms with E-state index in [0.29, 0.717) is 6.54 Å². The Kier molecular flexibility index (Phi) is 4.25. The Morgan fingerprint density at radius 2 is 2.27 bits per heavy atom. The molecule has 0 spiro atoms. The van der Waals surface area contributed by atoms with E-state index in [1.807, 2.05) is 33.1 Å². The summed E-state index contributed by atoms with van der Waals surface area (Å²) in [6.45, 7) is 9.23. The van der Waals surface area contributed by atoms with Crippen molar-refractivity contribution >= 4 is 11.3 Å². The van der Waals surface area contributed by atoms with Gasteiger partial charge in [0.05, 0.1) is 5.60 Å². The van der Waals surface area contributed by atoms with E-state index in [0.717, 1.165) is 17.2 Å². The molecule has 0 aliphatic carbocycles. The lowest BCUT2D eigenvalue weighted by Crippen LogP contribution is -2.41. The van der Waals surface area contributed by atoms with Crippen LogP contribution >= 0.6 is 11.3 Å². The highest BCUT2D eigenvalue weighted by molar-refractivity contribution is 7.09. The molecule has 15 heavy (non-hydrogen) atoms. The molecule has 1 aromatic rings. The molecular formula is C11H20N2OS. The van der Waals surface area contributed by atoms with Crippen molar-refractivity contribution in [3.05, 3.63) is 16.1 Å². The van der Waals surface area contributed by atoms with Crippen LogP contribution in [0.3, 0.4) is 0 Å². The van der Waals surface area contributed by atoms with Crippen molar-refractivity contribution in [2.24, 2.45) is 5.92 Å². The molecule has 1 rings (SSSR count). The molecule has 0 aromatic carbocycles. The van der Waals surface area contributed by atoms with Crippen LogP contribution in [0.1, 0.15) is 31.5 Å². The summed E-state index contributed by atoms with van der Waals surface area (Å²) < 4.78 is 0. The van der Waals surface area contributed by atoms with E-state index < -0.39 is 5.60 Å². The van der Waals surface area contributed by atoms with E-state index >= 15 is 0 Å². The van der Waals surface area contributed by atoms with E-state index in [2.05, 4.69) is 10.3 Å². The zero-order valence-electron chi connectivity index (χ0n) is 9.87. The topological polar surface area (TPSA) is 45.1 Å². The van der Waals surface area contributed by atoms with Crippen LogP contribution < -0.4 is 5.32 Å². The first-order valence-corrected chi connectivity index (χ1v) is 6.14. The summed E-state index contributed by atoms with van der Waals surface area (Å²) in [5.41, 5.74) is 0.416. The third-order valence-electron chi connectivity index (χ3n) is 2.67. The van der Waals surface area contributed by atoms with Gasteiger partial charge >= 0.3 is 0 Å². The van der Waals surface area contributed by atoms with Crippen molar-refractivity contribution in [3.8, 4) is 0 Å². The third-order valence-corrected chi connectivity index (χ3v) is 3.64. The summed E-state index contributed by atoms with van der Waals surface area (Å²) in [5.74, 6) is 0.253. The van der Waals surface area contributed by atoms with Crippen LogP contribution in [0.5, 0.6) is 0 Å². The predicted molar refractivity (Wildman–Crippen MR) is 64.0 cm³/mol. The van der Waals surface area contributed by atoms with Gasteiger partial charge in [-0.25, -0.2) is 4.98 Å². The summed E-state index contributed by atoms with van der Waals surface area (Å²) in [5, 5.41) is 16.3. The molecule has 0 fully saturated rings. The maximum absolute atomic E-state index is 10.00. The number of aromatic nitrogens is 1. The lowest BCUT2D eigenvalue weighted by molar-refractivity contribution is 0.0140. The molecule has 0 aliphatic rings. The molecule has 1 heterocycles. The predicted octanol–water partition coefficient (Wildman–Crippen LogP) is 1.95. The molecule has 0 radical (unpaired) electrons. The lowest BCUT2D eigenvalue weighted by Gasteiger charge is -2.27. The van der Waals surface area contributed by atoms with Crippen LogP contribution in [-0.2, 0) is 6.54 Å². The monoisotopic (exact) mass is 228 g/mol. The normalized spacial score (nSPS) is 15.6. The molecule has 0 amide bonds. The molecular weight excluding hydrogens is 208 g/mol. The van der Waals surface area contributed by atoms with Gasteiger partial charge in [0.1, 0.15) is 5.01 Å². The quantitative estimate of drug-likeness (QED) is 0.809. The first-order valence-electron chi connectivity index (χ1n) is 5.26. The molecule has 1 unspecified atom stereocenters. The number of aryl methyl sites for hydroxylation is 1. The van der Waals surface area contributed by atoms with Gasteiger partial charge < -0.3 is 10.4 Å². The maximum Gasteiger partial charge on any atom is 0.107 e. The van der Waals surface area contributed by atoms with Gasteiger partial charge in [-0.05, 0) is 19.8 Å². The molecule has 0 saturated carbocycles. The Bertz CT molecular complexity index is 307. The number of rotatable bonds is 5. The van der Waals surface area contributed by atoms with Crippen molar-refractivity contribution in [2.75, 3.05) is 6.54 Å². The first-order chi connectivity index (χ1) is 6.92.